The molecular formula is C16H27ClN2O. The van der Waals surface area contributed by atoms with E-state index < -0.39 is 0 Å². The highest BCUT2D eigenvalue weighted by Gasteiger charge is 2.22. The Morgan fingerprint density at radius 2 is 1.85 bits per heavy atom. The van der Waals surface area contributed by atoms with Crippen molar-refractivity contribution in [2.45, 2.75) is 39.5 Å². The zero-order valence-electron chi connectivity index (χ0n) is 13.0. The molecular weight excluding hydrogens is 272 g/mol. The second kappa shape index (κ2) is 7.87. The van der Waals surface area contributed by atoms with Gasteiger partial charge in [-0.05, 0) is 68.8 Å². The molecule has 1 aromatic rings. The van der Waals surface area contributed by atoms with E-state index in [0.29, 0.717) is 24.9 Å². The van der Waals surface area contributed by atoms with Crippen molar-refractivity contribution in [3.63, 3.8) is 0 Å². The van der Waals surface area contributed by atoms with E-state index in [2.05, 4.69) is 13.8 Å². The first kappa shape index (κ1) is 17.3. The van der Waals surface area contributed by atoms with Crippen molar-refractivity contribution in [3.05, 3.63) is 27.8 Å². The van der Waals surface area contributed by atoms with Crippen molar-refractivity contribution >= 4 is 11.6 Å². The summed E-state index contributed by atoms with van der Waals surface area (Å²) in [6, 6.07) is 2.02. The minimum atomic E-state index is 0.337. The summed E-state index contributed by atoms with van der Waals surface area (Å²) in [5.41, 5.74) is 14.9. The zero-order valence-corrected chi connectivity index (χ0v) is 13.8. The fraction of sp³-hybridized carbons (Fsp3) is 0.625. The van der Waals surface area contributed by atoms with Crippen molar-refractivity contribution in [1.29, 1.82) is 0 Å². The van der Waals surface area contributed by atoms with Gasteiger partial charge in [-0.15, -0.1) is 0 Å². The monoisotopic (exact) mass is 298 g/mol. The van der Waals surface area contributed by atoms with Gasteiger partial charge in [-0.3, -0.25) is 0 Å². The third-order valence-electron chi connectivity index (χ3n) is 4.10. The smallest absolute Gasteiger partial charge is 0.122 e. The predicted octanol–water partition coefficient (Wildman–Crippen LogP) is 3.38. The van der Waals surface area contributed by atoms with E-state index in [4.69, 9.17) is 27.8 Å². The fourth-order valence-corrected chi connectivity index (χ4v) is 2.95. The lowest BCUT2D eigenvalue weighted by Gasteiger charge is -2.25. The molecule has 0 aliphatic carbocycles. The number of aryl methyl sites for hydroxylation is 1. The molecule has 1 rings (SSSR count). The Morgan fingerprint density at radius 1 is 1.25 bits per heavy atom. The number of hydrogen-bond acceptors (Lipinski definition) is 3. The third-order valence-corrected chi connectivity index (χ3v) is 4.68. The highest BCUT2D eigenvalue weighted by Crippen LogP contribution is 2.40. The largest absolute Gasteiger partial charge is 0.496 e. The SMILES string of the molecule is CCC(CC(CN)CN)c1c(OC)cc(C)c(Cl)c1C. The van der Waals surface area contributed by atoms with Crippen LogP contribution in [0.3, 0.4) is 0 Å². The van der Waals surface area contributed by atoms with Gasteiger partial charge in [-0.25, -0.2) is 0 Å². The average molecular weight is 299 g/mol. The number of rotatable bonds is 7. The van der Waals surface area contributed by atoms with Gasteiger partial charge in [0.2, 0.25) is 0 Å². The normalized spacial score (nSPS) is 12.8. The van der Waals surface area contributed by atoms with Crippen LogP contribution < -0.4 is 16.2 Å². The standard InChI is InChI=1S/C16H27ClN2O/c1-5-13(7-12(8-18)9-19)15-11(3)16(17)10(2)6-14(15)20-4/h6,12-13H,5,7-9,18-19H2,1-4H3. The van der Waals surface area contributed by atoms with Crippen LogP contribution in [-0.2, 0) is 0 Å². The van der Waals surface area contributed by atoms with Gasteiger partial charge in [0.1, 0.15) is 5.75 Å². The maximum atomic E-state index is 6.41. The molecule has 0 radical (unpaired) electrons. The van der Waals surface area contributed by atoms with Gasteiger partial charge in [0.25, 0.3) is 0 Å². The summed E-state index contributed by atoms with van der Waals surface area (Å²) >= 11 is 6.41. The summed E-state index contributed by atoms with van der Waals surface area (Å²) in [5.74, 6) is 1.63. The van der Waals surface area contributed by atoms with E-state index in [1.807, 2.05) is 13.0 Å². The van der Waals surface area contributed by atoms with Gasteiger partial charge in [0.05, 0.1) is 7.11 Å². The summed E-state index contributed by atoms with van der Waals surface area (Å²) in [7, 11) is 1.71. The minimum absolute atomic E-state index is 0.337. The maximum absolute atomic E-state index is 6.41. The summed E-state index contributed by atoms with van der Waals surface area (Å²) in [5, 5.41) is 0.830. The Bertz CT molecular complexity index is 445. The Hall–Kier alpha value is -0.770. The van der Waals surface area contributed by atoms with Crippen LogP contribution in [0, 0.1) is 19.8 Å². The molecule has 4 heteroatoms. The van der Waals surface area contributed by atoms with E-state index in [0.717, 1.165) is 34.7 Å². The van der Waals surface area contributed by atoms with Gasteiger partial charge < -0.3 is 16.2 Å². The quantitative estimate of drug-likeness (QED) is 0.811. The molecule has 0 bridgehead atoms. The first-order chi connectivity index (χ1) is 9.49. The molecule has 1 aromatic carbocycles. The Balaban J connectivity index is 3.23. The van der Waals surface area contributed by atoms with E-state index >= 15 is 0 Å². The molecule has 0 saturated carbocycles. The molecule has 0 spiro atoms. The predicted molar refractivity (Wildman–Crippen MR) is 86.7 cm³/mol. The van der Waals surface area contributed by atoms with Crippen molar-refractivity contribution in [2.75, 3.05) is 20.2 Å². The molecule has 0 amide bonds. The summed E-state index contributed by atoms with van der Waals surface area (Å²) in [6.45, 7) is 7.49. The summed E-state index contributed by atoms with van der Waals surface area (Å²) < 4.78 is 5.57. The zero-order chi connectivity index (χ0) is 15.3. The number of benzene rings is 1. The van der Waals surface area contributed by atoms with Gasteiger partial charge >= 0.3 is 0 Å². The van der Waals surface area contributed by atoms with E-state index in [1.54, 1.807) is 7.11 Å². The van der Waals surface area contributed by atoms with Crippen LogP contribution in [0.2, 0.25) is 5.02 Å². The van der Waals surface area contributed by atoms with Crippen LogP contribution in [0.5, 0.6) is 5.75 Å². The van der Waals surface area contributed by atoms with E-state index in [9.17, 15) is 0 Å². The fourth-order valence-electron chi connectivity index (χ4n) is 2.79. The maximum Gasteiger partial charge on any atom is 0.122 e. The minimum Gasteiger partial charge on any atom is -0.496 e. The second-order valence-corrected chi connectivity index (χ2v) is 5.80. The topological polar surface area (TPSA) is 61.3 Å². The van der Waals surface area contributed by atoms with E-state index in [1.165, 1.54) is 5.56 Å². The van der Waals surface area contributed by atoms with Gasteiger partial charge in [0, 0.05) is 10.6 Å². The molecule has 1 unspecified atom stereocenters. The van der Waals surface area contributed by atoms with Gasteiger partial charge in [-0.2, -0.15) is 0 Å². The van der Waals surface area contributed by atoms with Crippen molar-refractivity contribution in [2.24, 2.45) is 17.4 Å². The van der Waals surface area contributed by atoms with E-state index in [-0.39, 0.29) is 0 Å². The molecule has 0 fully saturated rings. The third kappa shape index (κ3) is 3.66. The van der Waals surface area contributed by atoms with Gasteiger partial charge in [-0.1, -0.05) is 18.5 Å². The number of nitrogens with two attached hydrogens (primary N) is 2. The first-order valence-corrected chi connectivity index (χ1v) is 7.61. The molecule has 4 N–H and O–H groups in total. The molecule has 0 aromatic heterocycles. The Kier molecular flexibility index (Phi) is 6.80. The molecule has 3 nitrogen and oxygen atoms in total. The molecule has 0 aliphatic heterocycles. The lowest BCUT2D eigenvalue weighted by Crippen LogP contribution is -2.25. The number of hydrogen-bond donors (Lipinski definition) is 2. The van der Waals surface area contributed by atoms with Crippen LogP contribution in [-0.4, -0.2) is 20.2 Å². The first-order valence-electron chi connectivity index (χ1n) is 7.23. The molecule has 114 valence electrons. The second-order valence-electron chi connectivity index (χ2n) is 5.43. The Morgan fingerprint density at radius 3 is 2.30 bits per heavy atom. The number of halogens is 1. The van der Waals surface area contributed by atoms with Crippen LogP contribution in [0.4, 0.5) is 0 Å². The molecule has 0 saturated heterocycles. The van der Waals surface area contributed by atoms with Gasteiger partial charge in [0.15, 0.2) is 0 Å². The molecule has 20 heavy (non-hydrogen) atoms. The van der Waals surface area contributed by atoms with Crippen LogP contribution in [0.25, 0.3) is 0 Å². The Labute approximate surface area is 127 Å². The highest BCUT2D eigenvalue weighted by atomic mass is 35.5. The number of methoxy groups -OCH3 is 1. The van der Waals surface area contributed by atoms with Crippen LogP contribution in [0.1, 0.15) is 42.4 Å². The van der Waals surface area contributed by atoms with Crippen LogP contribution in [0.15, 0.2) is 6.07 Å². The van der Waals surface area contributed by atoms with Crippen molar-refractivity contribution in [1.82, 2.24) is 0 Å². The average Bonchev–Trinajstić information content (AvgIpc) is 2.47. The highest BCUT2D eigenvalue weighted by molar-refractivity contribution is 6.32. The van der Waals surface area contributed by atoms with Crippen molar-refractivity contribution < 1.29 is 4.74 Å². The van der Waals surface area contributed by atoms with Crippen LogP contribution >= 0.6 is 11.6 Å². The lowest BCUT2D eigenvalue weighted by molar-refractivity contribution is 0.389. The molecule has 0 heterocycles. The molecule has 0 aliphatic rings. The van der Waals surface area contributed by atoms with Crippen molar-refractivity contribution in [3.8, 4) is 5.75 Å². The lowest BCUT2D eigenvalue weighted by atomic mass is 9.83. The molecule has 1 atom stereocenters. The number of ether oxygens (including phenoxy) is 1. The summed E-state index contributed by atoms with van der Waals surface area (Å²) in [6.07, 6.45) is 1.99. The summed E-state index contributed by atoms with van der Waals surface area (Å²) in [4.78, 5) is 0.